The molecule has 1 aromatic carbocycles. The lowest BCUT2D eigenvalue weighted by atomic mass is 10.2. The molecule has 0 saturated carbocycles. The zero-order valence-corrected chi connectivity index (χ0v) is 11.2. The van der Waals surface area contributed by atoms with Crippen LogP contribution in [0.4, 0.5) is 5.69 Å². The van der Waals surface area contributed by atoms with Gasteiger partial charge in [0.15, 0.2) is 0 Å². The number of hydrogen-bond acceptors (Lipinski definition) is 2. The molecule has 1 aliphatic rings. The second kappa shape index (κ2) is 6.55. The highest BCUT2D eigenvalue weighted by atomic mass is 35.5. The highest BCUT2D eigenvalue weighted by Crippen LogP contribution is 2.32. The van der Waals surface area contributed by atoms with Gasteiger partial charge in [-0.3, -0.25) is 0 Å². The van der Waals surface area contributed by atoms with Crippen LogP contribution in [0.2, 0.25) is 10.0 Å². The molecule has 1 aromatic rings. The number of rotatable bonds is 1. The summed E-state index contributed by atoms with van der Waals surface area (Å²) in [6.45, 7) is 4.10. The Hall–Kier alpha value is -0.150. The Morgan fingerprint density at radius 1 is 1.12 bits per heavy atom. The summed E-state index contributed by atoms with van der Waals surface area (Å²) in [7, 11) is 0. The average Bonchev–Trinajstić information content (AvgIpc) is 2.50. The molecular formula is C11H15Cl3N2. The lowest BCUT2D eigenvalue weighted by molar-refractivity contribution is 0.724. The van der Waals surface area contributed by atoms with Crippen LogP contribution in [0.1, 0.15) is 6.42 Å². The number of nitrogens with zero attached hydrogens (tertiary/aromatic N) is 1. The molecule has 0 radical (unpaired) electrons. The van der Waals surface area contributed by atoms with Gasteiger partial charge in [-0.05, 0) is 25.1 Å². The van der Waals surface area contributed by atoms with Crippen molar-refractivity contribution in [1.29, 1.82) is 0 Å². The van der Waals surface area contributed by atoms with Crippen LogP contribution >= 0.6 is 35.6 Å². The third-order valence-electron chi connectivity index (χ3n) is 2.61. The maximum atomic E-state index is 6.19. The summed E-state index contributed by atoms with van der Waals surface area (Å²) < 4.78 is 0. The van der Waals surface area contributed by atoms with E-state index in [0.717, 1.165) is 38.3 Å². The van der Waals surface area contributed by atoms with Gasteiger partial charge in [0.1, 0.15) is 0 Å². The van der Waals surface area contributed by atoms with Gasteiger partial charge in [0.05, 0.1) is 15.7 Å². The Morgan fingerprint density at radius 2 is 1.94 bits per heavy atom. The SMILES string of the molecule is Cl.Clc1cccc(N2CCCNCC2)c1Cl. The third kappa shape index (κ3) is 3.17. The van der Waals surface area contributed by atoms with Crippen molar-refractivity contribution in [1.82, 2.24) is 5.32 Å². The molecular weight excluding hydrogens is 266 g/mol. The molecule has 0 spiro atoms. The van der Waals surface area contributed by atoms with Gasteiger partial charge in [-0.2, -0.15) is 0 Å². The molecule has 90 valence electrons. The molecule has 2 rings (SSSR count). The summed E-state index contributed by atoms with van der Waals surface area (Å²) in [5, 5.41) is 4.66. The van der Waals surface area contributed by atoms with E-state index in [-0.39, 0.29) is 12.4 Å². The van der Waals surface area contributed by atoms with Gasteiger partial charge in [0.2, 0.25) is 0 Å². The van der Waals surface area contributed by atoms with Gasteiger partial charge in [0, 0.05) is 19.6 Å². The Morgan fingerprint density at radius 3 is 2.75 bits per heavy atom. The lowest BCUT2D eigenvalue weighted by Gasteiger charge is -2.23. The van der Waals surface area contributed by atoms with Crippen molar-refractivity contribution in [2.45, 2.75) is 6.42 Å². The van der Waals surface area contributed by atoms with Crippen LogP contribution in [0.15, 0.2) is 18.2 Å². The molecule has 0 aliphatic carbocycles. The van der Waals surface area contributed by atoms with Gasteiger partial charge < -0.3 is 10.2 Å². The highest BCUT2D eigenvalue weighted by Gasteiger charge is 2.13. The van der Waals surface area contributed by atoms with Gasteiger partial charge in [-0.1, -0.05) is 29.3 Å². The van der Waals surface area contributed by atoms with Gasteiger partial charge in [0.25, 0.3) is 0 Å². The van der Waals surface area contributed by atoms with E-state index in [4.69, 9.17) is 23.2 Å². The minimum absolute atomic E-state index is 0. The predicted molar refractivity (Wildman–Crippen MR) is 73.4 cm³/mol. The monoisotopic (exact) mass is 280 g/mol. The smallest absolute Gasteiger partial charge is 0.0825 e. The second-order valence-corrected chi connectivity index (χ2v) is 4.45. The molecule has 5 heteroatoms. The van der Waals surface area contributed by atoms with Gasteiger partial charge in [-0.15, -0.1) is 12.4 Å². The second-order valence-electron chi connectivity index (χ2n) is 3.66. The van der Waals surface area contributed by atoms with E-state index in [1.807, 2.05) is 18.2 Å². The van der Waals surface area contributed by atoms with Crippen LogP contribution in [0.3, 0.4) is 0 Å². The highest BCUT2D eigenvalue weighted by molar-refractivity contribution is 6.43. The zero-order chi connectivity index (χ0) is 10.7. The minimum atomic E-state index is 0. The minimum Gasteiger partial charge on any atom is -0.369 e. The number of anilines is 1. The fourth-order valence-corrected chi connectivity index (χ4v) is 2.24. The van der Waals surface area contributed by atoms with E-state index in [1.165, 1.54) is 0 Å². The summed E-state index contributed by atoms with van der Waals surface area (Å²) in [4.78, 5) is 2.29. The van der Waals surface area contributed by atoms with Gasteiger partial charge >= 0.3 is 0 Å². The maximum Gasteiger partial charge on any atom is 0.0825 e. The fraction of sp³-hybridized carbons (Fsp3) is 0.455. The first kappa shape index (κ1) is 13.9. The average molecular weight is 282 g/mol. The molecule has 1 N–H and O–H groups in total. The van der Waals surface area contributed by atoms with Crippen LogP contribution in [-0.2, 0) is 0 Å². The van der Waals surface area contributed by atoms with Gasteiger partial charge in [-0.25, -0.2) is 0 Å². The first-order valence-electron chi connectivity index (χ1n) is 5.19. The molecule has 0 unspecified atom stereocenters. The molecule has 0 bridgehead atoms. The summed E-state index contributed by atoms with van der Waals surface area (Å²) in [5.74, 6) is 0. The Balaban J connectivity index is 0.00000128. The van der Waals surface area contributed by atoms with Crippen LogP contribution in [0.5, 0.6) is 0 Å². The van der Waals surface area contributed by atoms with E-state index in [2.05, 4.69) is 10.2 Å². The van der Waals surface area contributed by atoms with Crippen molar-refractivity contribution in [3.63, 3.8) is 0 Å². The zero-order valence-electron chi connectivity index (χ0n) is 8.88. The van der Waals surface area contributed by atoms with Crippen molar-refractivity contribution in [3.05, 3.63) is 28.2 Å². The third-order valence-corrected chi connectivity index (χ3v) is 3.42. The molecule has 1 fully saturated rings. The number of halogens is 3. The van der Waals surface area contributed by atoms with Crippen LogP contribution in [-0.4, -0.2) is 26.2 Å². The van der Waals surface area contributed by atoms with E-state index in [0.29, 0.717) is 10.0 Å². The molecule has 0 atom stereocenters. The molecule has 2 nitrogen and oxygen atoms in total. The normalized spacial score (nSPS) is 16.5. The van der Waals surface area contributed by atoms with Crippen molar-refractivity contribution in [2.24, 2.45) is 0 Å². The van der Waals surface area contributed by atoms with E-state index >= 15 is 0 Å². The molecule has 16 heavy (non-hydrogen) atoms. The Kier molecular flexibility index (Phi) is 5.70. The molecule has 1 heterocycles. The largest absolute Gasteiger partial charge is 0.369 e. The van der Waals surface area contributed by atoms with Crippen molar-refractivity contribution in [3.8, 4) is 0 Å². The first-order chi connectivity index (χ1) is 7.29. The van der Waals surface area contributed by atoms with Crippen LogP contribution < -0.4 is 10.2 Å². The summed E-state index contributed by atoms with van der Waals surface area (Å²) >= 11 is 12.2. The molecule has 1 aliphatic heterocycles. The van der Waals surface area contributed by atoms with E-state index < -0.39 is 0 Å². The van der Waals surface area contributed by atoms with Crippen LogP contribution in [0.25, 0.3) is 0 Å². The summed E-state index contributed by atoms with van der Waals surface area (Å²) in [6, 6.07) is 5.80. The van der Waals surface area contributed by atoms with Crippen LogP contribution in [0, 0.1) is 0 Å². The number of benzene rings is 1. The topological polar surface area (TPSA) is 15.3 Å². The quantitative estimate of drug-likeness (QED) is 0.850. The standard InChI is InChI=1S/C11H14Cl2N2.ClH/c12-9-3-1-4-10(11(9)13)15-7-2-5-14-6-8-15;/h1,3-4,14H,2,5-8H2;1H. The Bertz CT molecular complexity index is 336. The van der Waals surface area contributed by atoms with Crippen molar-refractivity contribution in [2.75, 3.05) is 31.1 Å². The predicted octanol–water partition coefficient (Wildman–Crippen LogP) is 3.21. The molecule has 0 amide bonds. The van der Waals surface area contributed by atoms with E-state index in [9.17, 15) is 0 Å². The van der Waals surface area contributed by atoms with Crippen molar-refractivity contribution < 1.29 is 0 Å². The first-order valence-corrected chi connectivity index (χ1v) is 5.94. The number of hydrogen-bond donors (Lipinski definition) is 1. The molecule has 0 aromatic heterocycles. The summed E-state index contributed by atoms with van der Waals surface area (Å²) in [5.41, 5.74) is 1.05. The molecule has 1 saturated heterocycles. The maximum absolute atomic E-state index is 6.19. The lowest BCUT2D eigenvalue weighted by Crippen LogP contribution is -2.28. The van der Waals surface area contributed by atoms with Crippen molar-refractivity contribution >= 4 is 41.3 Å². The Labute approximate surface area is 112 Å². The number of nitrogens with one attached hydrogen (secondary N) is 1. The van der Waals surface area contributed by atoms with E-state index in [1.54, 1.807) is 0 Å². The summed E-state index contributed by atoms with van der Waals surface area (Å²) in [6.07, 6.45) is 1.14. The fourth-order valence-electron chi connectivity index (χ4n) is 1.82.